The molecule has 6 rings (SSSR count). The van der Waals surface area contributed by atoms with Crippen molar-refractivity contribution in [3.8, 4) is 5.88 Å². The average molecular weight is 417 g/mol. The molecule has 5 fully saturated rings. The molecule has 5 aliphatic rings. The molecule has 8 heteroatoms. The van der Waals surface area contributed by atoms with E-state index in [9.17, 15) is 9.90 Å². The van der Waals surface area contributed by atoms with Gasteiger partial charge in [-0.3, -0.25) is 4.79 Å². The molecule has 1 aromatic heterocycles. The lowest BCUT2D eigenvalue weighted by Gasteiger charge is -2.58. The quantitative estimate of drug-likeness (QED) is 0.772. The first-order valence-electron chi connectivity index (χ1n) is 11.2. The highest BCUT2D eigenvalue weighted by molar-refractivity contribution is 5.96. The van der Waals surface area contributed by atoms with Crippen LogP contribution in [-0.2, 0) is 4.74 Å². The Labute approximate surface area is 177 Å². The van der Waals surface area contributed by atoms with E-state index in [1.165, 1.54) is 7.11 Å². The number of nitrogens with zero attached hydrogens (tertiary/aromatic N) is 3. The van der Waals surface area contributed by atoms with E-state index in [2.05, 4.69) is 20.2 Å². The predicted molar refractivity (Wildman–Crippen MR) is 111 cm³/mol. The molecule has 1 saturated heterocycles. The van der Waals surface area contributed by atoms with E-state index in [0.717, 1.165) is 32.1 Å². The number of aromatic nitrogens is 2. The second-order valence-electron chi connectivity index (χ2n) is 9.95. The molecule has 0 spiro atoms. The summed E-state index contributed by atoms with van der Waals surface area (Å²) in [6.45, 7) is 5.47. The molecule has 2 unspecified atom stereocenters. The van der Waals surface area contributed by atoms with Crippen LogP contribution in [0.3, 0.4) is 0 Å². The molecule has 4 saturated carbocycles. The normalized spacial score (nSPS) is 39.8. The van der Waals surface area contributed by atoms with Crippen molar-refractivity contribution in [3.05, 3.63) is 11.8 Å². The van der Waals surface area contributed by atoms with E-state index in [0.29, 0.717) is 48.2 Å². The van der Waals surface area contributed by atoms with Gasteiger partial charge in [0.1, 0.15) is 5.56 Å². The second kappa shape index (κ2) is 7.34. The van der Waals surface area contributed by atoms with Gasteiger partial charge in [0.05, 0.1) is 24.9 Å². The maximum absolute atomic E-state index is 13.1. The van der Waals surface area contributed by atoms with Gasteiger partial charge in [-0.1, -0.05) is 0 Å². The van der Waals surface area contributed by atoms with Crippen LogP contribution < -0.4 is 15.0 Å². The molecular weight excluding hydrogens is 384 g/mol. The summed E-state index contributed by atoms with van der Waals surface area (Å²) >= 11 is 0. The lowest BCUT2D eigenvalue weighted by atomic mass is 9.52. The molecule has 1 aliphatic heterocycles. The maximum Gasteiger partial charge on any atom is 0.258 e. The van der Waals surface area contributed by atoms with Crippen molar-refractivity contribution in [2.24, 2.45) is 17.8 Å². The zero-order chi connectivity index (χ0) is 21.0. The Kier molecular flexibility index (Phi) is 4.89. The molecule has 4 bridgehead atoms. The van der Waals surface area contributed by atoms with Gasteiger partial charge in [-0.05, 0) is 63.7 Å². The first-order chi connectivity index (χ1) is 14.3. The first-order valence-corrected chi connectivity index (χ1v) is 11.2. The van der Waals surface area contributed by atoms with Crippen molar-refractivity contribution < 1.29 is 19.4 Å². The number of methoxy groups -OCH3 is 1. The van der Waals surface area contributed by atoms with Crippen LogP contribution in [0.2, 0.25) is 0 Å². The zero-order valence-corrected chi connectivity index (χ0v) is 18.0. The topological polar surface area (TPSA) is 96.8 Å². The van der Waals surface area contributed by atoms with Crippen LogP contribution in [0.1, 0.15) is 56.3 Å². The third kappa shape index (κ3) is 3.54. The minimum absolute atomic E-state index is 0.0954. The summed E-state index contributed by atoms with van der Waals surface area (Å²) in [5.41, 5.74) is -0.143. The van der Waals surface area contributed by atoms with E-state index < -0.39 is 5.60 Å². The molecule has 4 aliphatic carbocycles. The molecule has 0 radical (unpaired) electrons. The minimum atomic E-state index is -0.507. The summed E-state index contributed by atoms with van der Waals surface area (Å²) in [6.07, 6.45) is 6.49. The maximum atomic E-state index is 13.1. The van der Waals surface area contributed by atoms with Crippen LogP contribution in [0, 0.1) is 17.8 Å². The number of ether oxygens (including phenoxy) is 2. The molecule has 1 amide bonds. The number of hydrogen-bond donors (Lipinski definition) is 2. The van der Waals surface area contributed by atoms with E-state index in [1.807, 2.05) is 13.8 Å². The predicted octanol–water partition coefficient (Wildman–Crippen LogP) is 1.77. The van der Waals surface area contributed by atoms with Crippen molar-refractivity contribution in [2.45, 2.75) is 69.8 Å². The Hall–Kier alpha value is -1.93. The Balaban J connectivity index is 1.32. The Morgan fingerprint density at radius 2 is 1.90 bits per heavy atom. The van der Waals surface area contributed by atoms with Gasteiger partial charge in [0.15, 0.2) is 0 Å². The van der Waals surface area contributed by atoms with Crippen molar-refractivity contribution in [2.75, 3.05) is 25.1 Å². The molecular formula is C22H32N4O4. The van der Waals surface area contributed by atoms with Crippen LogP contribution in [0.15, 0.2) is 6.20 Å². The van der Waals surface area contributed by atoms with Crippen molar-refractivity contribution in [3.63, 3.8) is 0 Å². The number of aliphatic hydroxyl groups is 1. The highest BCUT2D eigenvalue weighted by Gasteiger charge is 2.55. The van der Waals surface area contributed by atoms with Crippen LogP contribution in [-0.4, -0.2) is 65.0 Å². The molecule has 2 heterocycles. The van der Waals surface area contributed by atoms with E-state index in [4.69, 9.17) is 9.47 Å². The summed E-state index contributed by atoms with van der Waals surface area (Å²) in [6, 6.07) is 0.111. The van der Waals surface area contributed by atoms with Gasteiger partial charge in [0.2, 0.25) is 11.8 Å². The number of anilines is 1. The Morgan fingerprint density at radius 1 is 1.23 bits per heavy atom. The third-order valence-corrected chi connectivity index (χ3v) is 7.42. The standard InChI is InChI=1S/C22H32N4O4/c1-12-10-26(11-13(2)30-12)21-23-9-17(20(25-21)29-3)19(27)24-18-15-4-14-5-16(18)8-22(28,6-14)7-15/h9,12-16,18,28H,4-8,10-11H2,1-3H3,(H,24,27)/t12-,13+,14?,15?,16?,18-,22+. The molecule has 2 N–H and O–H groups in total. The molecule has 1 aromatic rings. The largest absolute Gasteiger partial charge is 0.480 e. The van der Waals surface area contributed by atoms with Gasteiger partial charge < -0.3 is 24.8 Å². The SMILES string of the molecule is COc1nc(N2C[C@@H](C)O[C@@H](C)C2)ncc1C(=O)N[C@H]1C2CC3CC1C[C@@](O)(C3)C2. The number of rotatable bonds is 4. The number of hydrogen-bond acceptors (Lipinski definition) is 7. The zero-order valence-electron chi connectivity index (χ0n) is 18.0. The average Bonchev–Trinajstić information content (AvgIpc) is 2.68. The summed E-state index contributed by atoms with van der Waals surface area (Å²) < 4.78 is 11.2. The lowest BCUT2D eigenvalue weighted by Crippen LogP contribution is -2.61. The van der Waals surface area contributed by atoms with Gasteiger partial charge in [-0.2, -0.15) is 4.98 Å². The van der Waals surface area contributed by atoms with Crippen LogP contribution >= 0.6 is 0 Å². The van der Waals surface area contributed by atoms with Crippen LogP contribution in [0.5, 0.6) is 5.88 Å². The van der Waals surface area contributed by atoms with Crippen LogP contribution in [0.4, 0.5) is 5.95 Å². The van der Waals surface area contributed by atoms with Gasteiger partial charge in [-0.15, -0.1) is 0 Å². The number of nitrogens with one attached hydrogen (secondary N) is 1. The Morgan fingerprint density at radius 3 is 2.50 bits per heavy atom. The van der Waals surface area contributed by atoms with Crippen LogP contribution in [0.25, 0.3) is 0 Å². The van der Waals surface area contributed by atoms with Crippen molar-refractivity contribution in [1.82, 2.24) is 15.3 Å². The van der Waals surface area contributed by atoms with Gasteiger partial charge >= 0.3 is 0 Å². The summed E-state index contributed by atoms with van der Waals surface area (Å²) in [5, 5.41) is 14.0. The highest BCUT2D eigenvalue weighted by atomic mass is 16.5. The van der Waals surface area contributed by atoms with E-state index in [-0.39, 0.29) is 24.2 Å². The summed E-state index contributed by atoms with van der Waals surface area (Å²) in [4.78, 5) is 24.2. The first kappa shape index (κ1) is 20.0. The number of amides is 1. The number of carbonyl (C=O) groups is 1. The molecule has 164 valence electrons. The minimum Gasteiger partial charge on any atom is -0.480 e. The molecule has 8 nitrogen and oxygen atoms in total. The van der Waals surface area contributed by atoms with E-state index in [1.54, 1.807) is 6.20 Å². The number of carbonyl (C=O) groups excluding carboxylic acids is 1. The fraction of sp³-hybridized carbons (Fsp3) is 0.773. The molecule has 30 heavy (non-hydrogen) atoms. The third-order valence-electron chi connectivity index (χ3n) is 7.42. The monoisotopic (exact) mass is 416 g/mol. The fourth-order valence-corrected chi connectivity index (χ4v) is 6.61. The molecule has 4 atom stereocenters. The van der Waals surface area contributed by atoms with Crippen molar-refractivity contribution >= 4 is 11.9 Å². The smallest absolute Gasteiger partial charge is 0.258 e. The lowest BCUT2D eigenvalue weighted by molar-refractivity contribution is -0.136. The van der Waals surface area contributed by atoms with Crippen molar-refractivity contribution in [1.29, 1.82) is 0 Å². The molecule has 0 aromatic carbocycles. The van der Waals surface area contributed by atoms with E-state index >= 15 is 0 Å². The Bertz CT molecular complexity index is 807. The fourth-order valence-electron chi connectivity index (χ4n) is 6.61. The van der Waals surface area contributed by atoms with Gasteiger partial charge in [0, 0.05) is 25.3 Å². The highest BCUT2D eigenvalue weighted by Crippen LogP contribution is 2.55. The second-order valence-corrected chi connectivity index (χ2v) is 9.95. The number of morpholine rings is 1. The summed E-state index contributed by atoms with van der Waals surface area (Å²) in [5.74, 6) is 1.98. The van der Waals surface area contributed by atoms with Gasteiger partial charge in [0.25, 0.3) is 5.91 Å². The summed E-state index contributed by atoms with van der Waals surface area (Å²) in [7, 11) is 1.53. The van der Waals surface area contributed by atoms with Gasteiger partial charge in [-0.25, -0.2) is 4.98 Å².